The lowest BCUT2D eigenvalue weighted by molar-refractivity contribution is 1.17. The van der Waals surface area contributed by atoms with Gasteiger partial charge in [0.25, 0.3) is 0 Å². The van der Waals surface area contributed by atoms with Gasteiger partial charge >= 0.3 is 0 Å². The highest BCUT2D eigenvalue weighted by Gasteiger charge is 2.24. The summed E-state index contributed by atoms with van der Waals surface area (Å²) in [6.07, 6.45) is 0. The van der Waals surface area contributed by atoms with Gasteiger partial charge in [-0.3, -0.25) is 0 Å². The number of thiophene rings is 1. The highest BCUT2D eigenvalue weighted by atomic mass is 32.1. The van der Waals surface area contributed by atoms with Crippen molar-refractivity contribution >= 4 is 92.2 Å². The summed E-state index contributed by atoms with van der Waals surface area (Å²) in [4.78, 5) is 2.49. The lowest BCUT2D eigenvalue weighted by Crippen LogP contribution is -2.12. The second-order valence-corrected chi connectivity index (χ2v) is 15.9. The molecule has 0 atom stereocenters. The molecule has 12 aromatic rings. The maximum atomic E-state index is 2.49. The molecule has 0 N–H and O–H groups in total. The van der Waals surface area contributed by atoms with Gasteiger partial charge in [-0.25, -0.2) is 0 Å². The molecule has 9 aromatic carbocycles. The lowest BCUT2D eigenvalue weighted by atomic mass is 10.0. The first-order valence-electron chi connectivity index (χ1n) is 19.8. The van der Waals surface area contributed by atoms with Crippen LogP contribution in [-0.2, 0) is 0 Å². The molecule has 3 heterocycles. The van der Waals surface area contributed by atoms with Gasteiger partial charge in [-0.1, -0.05) is 146 Å². The van der Waals surface area contributed by atoms with Crippen LogP contribution in [0.4, 0.5) is 17.1 Å². The van der Waals surface area contributed by atoms with E-state index in [4.69, 9.17) is 0 Å². The molecule has 0 aliphatic heterocycles. The Balaban J connectivity index is 1.12. The largest absolute Gasteiger partial charge is 0.309 e. The minimum Gasteiger partial charge on any atom is -0.309 e. The molecule has 0 saturated heterocycles. The Bertz CT molecular complexity index is 3500. The molecule has 12 rings (SSSR count). The van der Waals surface area contributed by atoms with Gasteiger partial charge in [0.2, 0.25) is 0 Å². The van der Waals surface area contributed by atoms with Gasteiger partial charge in [-0.15, -0.1) is 11.3 Å². The third kappa shape index (κ3) is 4.92. The Morgan fingerprint density at radius 2 is 0.845 bits per heavy atom. The summed E-state index contributed by atoms with van der Waals surface area (Å²) in [6.45, 7) is 0. The molecule has 58 heavy (non-hydrogen) atoms. The van der Waals surface area contributed by atoms with Crippen LogP contribution in [-0.4, -0.2) is 9.13 Å². The molecule has 0 bridgehead atoms. The molecule has 3 aromatic heterocycles. The summed E-state index contributed by atoms with van der Waals surface area (Å²) in [5.41, 5.74) is 12.8. The SMILES string of the molecule is c1ccc(-n2c3ccccc3c3cccc(-c4ccc(N(c5cccc6c5sc5ccccc56)c5cccc6c7ccccc7n(-c7ccccc7)c56)cc4)c32)cc1. The molecule has 4 heteroatoms. The average Bonchev–Trinajstić information content (AvgIpc) is 3.96. The molecule has 0 unspecified atom stereocenters. The molecule has 272 valence electrons. The van der Waals surface area contributed by atoms with E-state index < -0.39 is 0 Å². The van der Waals surface area contributed by atoms with Crippen LogP contribution >= 0.6 is 11.3 Å². The number of benzene rings is 9. The fourth-order valence-electron chi connectivity index (χ4n) is 9.23. The number of hydrogen-bond acceptors (Lipinski definition) is 2. The topological polar surface area (TPSA) is 13.1 Å². The van der Waals surface area contributed by atoms with Crippen LogP contribution in [0.3, 0.4) is 0 Å². The Labute approximate surface area is 339 Å². The van der Waals surface area contributed by atoms with Crippen molar-refractivity contribution in [2.45, 2.75) is 0 Å². The van der Waals surface area contributed by atoms with E-state index in [9.17, 15) is 0 Å². The van der Waals surface area contributed by atoms with Crippen molar-refractivity contribution in [2.75, 3.05) is 4.90 Å². The number of para-hydroxylation sites is 6. The summed E-state index contributed by atoms with van der Waals surface area (Å²) in [5, 5.41) is 7.53. The minimum atomic E-state index is 1.10. The van der Waals surface area contributed by atoms with Crippen molar-refractivity contribution in [2.24, 2.45) is 0 Å². The Kier molecular flexibility index (Phi) is 7.40. The minimum absolute atomic E-state index is 1.10. The zero-order chi connectivity index (χ0) is 38.2. The van der Waals surface area contributed by atoms with Crippen LogP contribution in [0.2, 0.25) is 0 Å². The molecule has 0 fully saturated rings. The number of nitrogens with zero attached hydrogens (tertiary/aromatic N) is 3. The zero-order valence-corrected chi connectivity index (χ0v) is 32.3. The van der Waals surface area contributed by atoms with Crippen molar-refractivity contribution in [3.63, 3.8) is 0 Å². The summed E-state index contributed by atoms with van der Waals surface area (Å²) in [5.74, 6) is 0. The van der Waals surface area contributed by atoms with Crippen molar-refractivity contribution < 1.29 is 0 Å². The third-order valence-corrected chi connectivity index (χ3v) is 12.9. The summed E-state index contributed by atoms with van der Waals surface area (Å²) in [6, 6.07) is 77.4. The van der Waals surface area contributed by atoms with Gasteiger partial charge < -0.3 is 14.0 Å². The van der Waals surface area contributed by atoms with Gasteiger partial charge in [0.05, 0.1) is 38.1 Å². The standard InChI is InChI=1S/C54H35N3S/c1-3-16-37(17-4-1)56-47-27-10-7-20-41(47)44-24-13-23-40(52(44)56)36-32-34-39(35-33-36)55(50-30-15-26-46-43-22-9-12-31-51(43)58-54(46)50)49-29-14-25-45-42-21-8-11-28-48(42)57(53(45)49)38-18-5-2-6-19-38/h1-35H. The molecular formula is C54H35N3S. The molecule has 0 saturated carbocycles. The van der Waals surface area contributed by atoms with Gasteiger partial charge in [-0.05, 0) is 72.3 Å². The normalized spacial score (nSPS) is 11.8. The van der Waals surface area contributed by atoms with E-state index in [1.165, 1.54) is 74.9 Å². The van der Waals surface area contributed by atoms with E-state index in [1.807, 2.05) is 11.3 Å². The van der Waals surface area contributed by atoms with Gasteiger partial charge in [0, 0.05) is 59.6 Å². The fraction of sp³-hybridized carbons (Fsp3) is 0. The van der Waals surface area contributed by atoms with Crippen molar-refractivity contribution in [3.8, 4) is 22.5 Å². The molecule has 0 aliphatic carbocycles. The van der Waals surface area contributed by atoms with Crippen LogP contribution in [0.25, 0.3) is 86.3 Å². The Morgan fingerprint density at radius 1 is 0.345 bits per heavy atom. The van der Waals surface area contributed by atoms with E-state index in [2.05, 4.69) is 226 Å². The van der Waals surface area contributed by atoms with Gasteiger partial charge in [-0.2, -0.15) is 0 Å². The van der Waals surface area contributed by atoms with Gasteiger partial charge in [0.15, 0.2) is 0 Å². The fourth-order valence-corrected chi connectivity index (χ4v) is 10.4. The van der Waals surface area contributed by atoms with Crippen molar-refractivity contribution in [3.05, 3.63) is 212 Å². The first-order valence-corrected chi connectivity index (χ1v) is 20.6. The molecule has 0 spiro atoms. The second-order valence-electron chi connectivity index (χ2n) is 14.9. The highest BCUT2D eigenvalue weighted by molar-refractivity contribution is 7.26. The molecule has 3 nitrogen and oxygen atoms in total. The van der Waals surface area contributed by atoms with E-state index in [0.29, 0.717) is 0 Å². The van der Waals surface area contributed by atoms with E-state index in [0.717, 1.165) is 28.4 Å². The number of rotatable bonds is 6. The molecule has 0 radical (unpaired) electrons. The van der Waals surface area contributed by atoms with Crippen LogP contribution in [0.15, 0.2) is 212 Å². The Hall–Kier alpha value is -7.40. The quantitative estimate of drug-likeness (QED) is 0.165. The number of fused-ring (bicyclic) bond motifs is 9. The maximum absolute atomic E-state index is 2.49. The first kappa shape index (κ1) is 32.8. The number of hydrogen-bond donors (Lipinski definition) is 0. The van der Waals surface area contributed by atoms with Crippen LogP contribution < -0.4 is 4.90 Å². The molecule has 0 aliphatic rings. The second kappa shape index (κ2) is 13.1. The zero-order valence-electron chi connectivity index (χ0n) is 31.5. The highest BCUT2D eigenvalue weighted by Crippen LogP contribution is 2.48. The van der Waals surface area contributed by atoms with Gasteiger partial charge in [0.1, 0.15) is 0 Å². The predicted octanol–water partition coefficient (Wildman–Crippen LogP) is 15.4. The maximum Gasteiger partial charge on any atom is 0.0782 e. The van der Waals surface area contributed by atoms with Crippen molar-refractivity contribution in [1.29, 1.82) is 0 Å². The van der Waals surface area contributed by atoms with E-state index >= 15 is 0 Å². The van der Waals surface area contributed by atoms with Crippen LogP contribution in [0.1, 0.15) is 0 Å². The van der Waals surface area contributed by atoms with Crippen molar-refractivity contribution in [1.82, 2.24) is 9.13 Å². The first-order chi connectivity index (χ1) is 28.8. The van der Waals surface area contributed by atoms with E-state index in [1.54, 1.807) is 0 Å². The monoisotopic (exact) mass is 757 g/mol. The summed E-state index contributed by atoms with van der Waals surface area (Å²) < 4.78 is 7.42. The lowest BCUT2D eigenvalue weighted by Gasteiger charge is -2.28. The summed E-state index contributed by atoms with van der Waals surface area (Å²) >= 11 is 1.87. The predicted molar refractivity (Wildman–Crippen MR) is 248 cm³/mol. The van der Waals surface area contributed by atoms with E-state index in [-0.39, 0.29) is 0 Å². The average molecular weight is 758 g/mol. The smallest absolute Gasteiger partial charge is 0.0782 e. The third-order valence-electron chi connectivity index (χ3n) is 11.7. The Morgan fingerprint density at radius 3 is 1.52 bits per heavy atom. The number of aromatic nitrogens is 2. The molecule has 0 amide bonds. The van der Waals surface area contributed by atoms with Crippen LogP contribution in [0.5, 0.6) is 0 Å². The summed E-state index contributed by atoms with van der Waals surface area (Å²) in [7, 11) is 0. The molecular weight excluding hydrogens is 723 g/mol. The van der Waals surface area contributed by atoms with Crippen LogP contribution in [0, 0.1) is 0 Å². The number of anilines is 3.